The number of carbonyl (C=O) groups is 1. The summed E-state index contributed by atoms with van der Waals surface area (Å²) in [6.45, 7) is 10.1. The molecule has 1 aliphatic rings. The van der Waals surface area contributed by atoms with Crippen LogP contribution in [-0.4, -0.2) is 37.0 Å². The summed E-state index contributed by atoms with van der Waals surface area (Å²) >= 11 is 7.55. The average molecular weight is 677 g/mol. The first-order valence-electron chi connectivity index (χ1n) is 15.3. The molecule has 47 heavy (non-hydrogen) atoms. The predicted molar refractivity (Wildman–Crippen MR) is 183 cm³/mol. The van der Waals surface area contributed by atoms with Crippen LogP contribution in [0, 0.1) is 0 Å². The number of rotatable bonds is 12. The molecule has 4 aromatic rings. The fourth-order valence-corrected chi connectivity index (χ4v) is 6.47. The summed E-state index contributed by atoms with van der Waals surface area (Å²) < 4.78 is 30.9. The molecule has 0 fully saturated rings. The number of hydrogen-bond donors (Lipinski definition) is 0. The molecule has 0 bridgehead atoms. The van der Waals surface area contributed by atoms with E-state index in [1.54, 1.807) is 39.2 Å². The maximum absolute atomic E-state index is 14.2. The van der Waals surface area contributed by atoms with Crippen molar-refractivity contribution in [2.24, 2.45) is 4.99 Å². The summed E-state index contributed by atoms with van der Waals surface area (Å²) in [5.74, 6) is 1.59. The lowest BCUT2D eigenvalue weighted by atomic mass is 9.95. The maximum Gasteiger partial charge on any atom is 0.338 e. The molecule has 0 unspecified atom stereocenters. The van der Waals surface area contributed by atoms with E-state index in [9.17, 15) is 9.59 Å². The number of nitrogens with zero attached hydrogens (tertiary/aromatic N) is 2. The number of aromatic nitrogens is 1. The van der Waals surface area contributed by atoms with Crippen LogP contribution in [0.25, 0.3) is 6.08 Å². The van der Waals surface area contributed by atoms with Gasteiger partial charge in [0, 0.05) is 10.6 Å². The van der Waals surface area contributed by atoms with Gasteiger partial charge < -0.3 is 23.7 Å². The van der Waals surface area contributed by atoms with E-state index in [2.05, 4.69) is 4.99 Å². The number of benzene rings is 3. The number of fused-ring (bicyclic) bond motifs is 1. The lowest BCUT2D eigenvalue weighted by molar-refractivity contribution is -0.139. The van der Waals surface area contributed by atoms with E-state index >= 15 is 0 Å². The molecule has 5 rings (SSSR count). The molecule has 0 amide bonds. The average Bonchev–Trinajstić information content (AvgIpc) is 3.34. The Morgan fingerprint density at radius 2 is 1.77 bits per heavy atom. The van der Waals surface area contributed by atoms with Crippen molar-refractivity contribution < 1.29 is 28.5 Å². The molecule has 246 valence electrons. The summed E-state index contributed by atoms with van der Waals surface area (Å²) in [7, 11) is 1.55. The summed E-state index contributed by atoms with van der Waals surface area (Å²) in [6, 6.07) is 17.6. The van der Waals surface area contributed by atoms with Gasteiger partial charge >= 0.3 is 5.97 Å². The molecule has 0 radical (unpaired) electrons. The van der Waals surface area contributed by atoms with Gasteiger partial charge in [0.15, 0.2) is 27.8 Å². The van der Waals surface area contributed by atoms with Crippen LogP contribution in [0.3, 0.4) is 0 Å². The van der Waals surface area contributed by atoms with Crippen molar-refractivity contribution >= 4 is 35.0 Å². The molecule has 2 heterocycles. The lowest BCUT2D eigenvalue weighted by Gasteiger charge is -2.25. The van der Waals surface area contributed by atoms with E-state index in [1.165, 1.54) is 15.9 Å². The van der Waals surface area contributed by atoms with Crippen LogP contribution in [0.2, 0.25) is 5.02 Å². The Bertz CT molecular complexity index is 2000. The molecule has 0 saturated carbocycles. The van der Waals surface area contributed by atoms with Crippen LogP contribution in [0.1, 0.15) is 57.4 Å². The van der Waals surface area contributed by atoms with Gasteiger partial charge in [-0.25, -0.2) is 9.79 Å². The summed E-state index contributed by atoms with van der Waals surface area (Å²) in [5.41, 5.74) is 2.70. The first kappa shape index (κ1) is 33.8. The second-order valence-electron chi connectivity index (χ2n) is 10.9. The van der Waals surface area contributed by atoms with Crippen molar-refractivity contribution in [2.75, 3.05) is 20.3 Å². The van der Waals surface area contributed by atoms with E-state index < -0.39 is 12.0 Å². The molecule has 1 aromatic heterocycles. The van der Waals surface area contributed by atoms with Gasteiger partial charge in [0.05, 0.1) is 48.3 Å². The highest BCUT2D eigenvalue weighted by Crippen LogP contribution is 2.37. The highest BCUT2D eigenvalue weighted by Gasteiger charge is 2.34. The van der Waals surface area contributed by atoms with E-state index in [0.717, 1.165) is 11.1 Å². The van der Waals surface area contributed by atoms with Gasteiger partial charge in [0.25, 0.3) is 5.56 Å². The van der Waals surface area contributed by atoms with Crippen molar-refractivity contribution in [2.45, 2.75) is 53.4 Å². The number of methoxy groups -OCH3 is 1. The summed E-state index contributed by atoms with van der Waals surface area (Å²) in [4.78, 5) is 32.6. The van der Waals surface area contributed by atoms with Crippen molar-refractivity contribution in [3.05, 3.63) is 113 Å². The normalized spacial score (nSPS) is 14.5. The summed E-state index contributed by atoms with van der Waals surface area (Å²) in [6.07, 6.45) is 1.71. The lowest BCUT2D eigenvalue weighted by Crippen LogP contribution is -2.40. The van der Waals surface area contributed by atoms with Crippen molar-refractivity contribution in [3.8, 4) is 23.0 Å². The van der Waals surface area contributed by atoms with Gasteiger partial charge in [-0.15, -0.1) is 0 Å². The van der Waals surface area contributed by atoms with Crippen LogP contribution in [0.5, 0.6) is 23.0 Å². The molecule has 0 spiro atoms. The van der Waals surface area contributed by atoms with Crippen LogP contribution in [-0.2, 0) is 16.1 Å². The Labute approximate surface area is 282 Å². The monoisotopic (exact) mass is 676 g/mol. The number of hydrogen-bond acceptors (Lipinski definition) is 9. The molecule has 0 aliphatic carbocycles. The summed E-state index contributed by atoms with van der Waals surface area (Å²) in [5, 5.41) is 0.621. The quantitative estimate of drug-likeness (QED) is 0.164. The molecular weight excluding hydrogens is 640 g/mol. The Hall–Kier alpha value is -4.54. The fourth-order valence-electron chi connectivity index (χ4n) is 5.24. The van der Waals surface area contributed by atoms with E-state index in [-0.39, 0.29) is 30.5 Å². The third-order valence-corrected chi connectivity index (χ3v) is 8.64. The van der Waals surface area contributed by atoms with Crippen molar-refractivity contribution in [3.63, 3.8) is 0 Å². The molecule has 1 aliphatic heterocycles. The van der Waals surface area contributed by atoms with Crippen LogP contribution in [0.15, 0.2) is 81.7 Å². The minimum Gasteiger partial charge on any atom is -0.493 e. The molecule has 1 atom stereocenters. The van der Waals surface area contributed by atoms with Crippen LogP contribution >= 0.6 is 22.9 Å². The van der Waals surface area contributed by atoms with Gasteiger partial charge in [0.1, 0.15) is 6.61 Å². The van der Waals surface area contributed by atoms with E-state index in [1.807, 2.05) is 69.3 Å². The number of thiazole rings is 1. The van der Waals surface area contributed by atoms with Gasteiger partial charge in [-0.05, 0) is 82.2 Å². The second kappa shape index (κ2) is 14.9. The third-order valence-electron chi connectivity index (χ3n) is 7.29. The van der Waals surface area contributed by atoms with Gasteiger partial charge in [-0.3, -0.25) is 9.36 Å². The number of ether oxygens (including phenoxy) is 5. The Balaban J connectivity index is 1.58. The zero-order valence-corrected chi connectivity index (χ0v) is 28.7. The molecule has 3 aromatic carbocycles. The molecule has 0 N–H and O–H groups in total. The third kappa shape index (κ3) is 7.39. The second-order valence-corrected chi connectivity index (χ2v) is 12.3. The highest BCUT2D eigenvalue weighted by molar-refractivity contribution is 7.07. The van der Waals surface area contributed by atoms with Gasteiger partial charge in [0.2, 0.25) is 0 Å². The SMILES string of the molecule is CCOC(=O)C1=C(C)N=c2s/c(=C\c3ccc(OCc4ccccc4Cl)c(OCC)c3)c(=O)n2[C@H]1c1ccc(OC(C)C)c(OC)c1. The zero-order chi connectivity index (χ0) is 33.7. The van der Waals surface area contributed by atoms with Crippen LogP contribution in [0.4, 0.5) is 0 Å². The molecular formula is C36H37ClN2O7S. The number of esters is 1. The Morgan fingerprint density at radius 3 is 2.47 bits per heavy atom. The first-order valence-corrected chi connectivity index (χ1v) is 16.5. The first-order chi connectivity index (χ1) is 22.6. The van der Waals surface area contributed by atoms with Gasteiger partial charge in [-0.1, -0.05) is 53.3 Å². The topological polar surface area (TPSA) is 97.6 Å². The van der Waals surface area contributed by atoms with E-state index in [4.69, 9.17) is 35.3 Å². The molecule has 9 nitrogen and oxygen atoms in total. The van der Waals surface area contributed by atoms with Crippen molar-refractivity contribution in [1.29, 1.82) is 0 Å². The van der Waals surface area contributed by atoms with Crippen LogP contribution < -0.4 is 33.8 Å². The minimum atomic E-state index is -0.797. The minimum absolute atomic E-state index is 0.0733. The largest absolute Gasteiger partial charge is 0.493 e. The highest BCUT2D eigenvalue weighted by atomic mass is 35.5. The maximum atomic E-state index is 14.2. The number of halogens is 1. The zero-order valence-electron chi connectivity index (χ0n) is 27.2. The Morgan fingerprint density at radius 1 is 1.00 bits per heavy atom. The van der Waals surface area contributed by atoms with Crippen molar-refractivity contribution in [1.82, 2.24) is 4.57 Å². The standard InChI is InChI=1S/C36H37ClN2O7S/c1-7-43-30-17-23(13-15-27(30)45-20-25-11-9-10-12-26(25)37)18-31-34(40)39-33(24-14-16-28(46-21(3)4)29(19-24)42-6)32(35(41)44-8-2)22(5)38-36(39)47-31/h9-19,21,33H,7-8,20H2,1-6H3/b31-18-/t33-/m0/s1. The van der Waals surface area contributed by atoms with Gasteiger partial charge in [-0.2, -0.15) is 0 Å². The molecule has 11 heteroatoms. The molecule has 0 saturated heterocycles. The fraction of sp³-hybridized carbons (Fsp3) is 0.306. The number of carbonyl (C=O) groups excluding carboxylic acids is 1. The number of allylic oxidation sites excluding steroid dienone is 1. The van der Waals surface area contributed by atoms with E-state index in [0.29, 0.717) is 55.2 Å². The Kier molecular flexibility index (Phi) is 10.7. The predicted octanol–water partition coefficient (Wildman–Crippen LogP) is 6.23. The smallest absolute Gasteiger partial charge is 0.338 e.